The van der Waals surface area contributed by atoms with Crippen molar-refractivity contribution in [1.29, 1.82) is 0 Å². The van der Waals surface area contributed by atoms with Crippen molar-refractivity contribution < 1.29 is 4.79 Å². The smallest absolute Gasteiger partial charge is 0.255 e. The molecule has 0 unspecified atom stereocenters. The Balaban J connectivity index is 1.60. The van der Waals surface area contributed by atoms with Crippen LogP contribution in [0, 0.1) is 19.3 Å². The second kappa shape index (κ2) is 8.18. The van der Waals surface area contributed by atoms with E-state index in [2.05, 4.69) is 40.2 Å². The van der Waals surface area contributed by atoms with E-state index >= 15 is 0 Å². The van der Waals surface area contributed by atoms with E-state index in [0.717, 1.165) is 49.5 Å². The second-order valence-corrected chi connectivity index (χ2v) is 6.90. The first kappa shape index (κ1) is 18.2. The summed E-state index contributed by atoms with van der Waals surface area (Å²) < 4.78 is 0. The van der Waals surface area contributed by atoms with Crippen LogP contribution in [-0.4, -0.2) is 48.9 Å². The first-order valence-corrected chi connectivity index (χ1v) is 8.93. The van der Waals surface area contributed by atoms with Gasteiger partial charge in [0.1, 0.15) is 0 Å². The molecule has 26 heavy (non-hydrogen) atoms. The largest absolute Gasteiger partial charge is 0.322 e. The lowest BCUT2D eigenvalue weighted by Crippen LogP contribution is -2.43. The number of hydrogen-bond acceptors (Lipinski definition) is 3. The highest BCUT2D eigenvalue weighted by Crippen LogP contribution is 2.15. The SMILES string of the molecule is C#Cc1cc(C(=O)Nc2ccc(CN3CCN(C)CC3)cc2)ccc1C. The highest BCUT2D eigenvalue weighted by atomic mass is 16.1. The van der Waals surface area contributed by atoms with Crippen LogP contribution in [0.25, 0.3) is 0 Å². The van der Waals surface area contributed by atoms with Gasteiger partial charge >= 0.3 is 0 Å². The van der Waals surface area contributed by atoms with Crippen molar-refractivity contribution in [3.8, 4) is 12.3 Å². The molecule has 1 aliphatic rings. The summed E-state index contributed by atoms with van der Waals surface area (Å²) in [4.78, 5) is 17.2. The number of benzene rings is 2. The van der Waals surface area contributed by atoms with Crippen LogP contribution in [0.4, 0.5) is 5.69 Å². The van der Waals surface area contributed by atoms with Gasteiger partial charge in [0.25, 0.3) is 5.91 Å². The average Bonchev–Trinajstić information content (AvgIpc) is 2.65. The number of aryl methyl sites for hydroxylation is 1. The van der Waals surface area contributed by atoms with Crippen LogP contribution < -0.4 is 5.32 Å². The van der Waals surface area contributed by atoms with Crippen LogP contribution in [0.1, 0.15) is 27.0 Å². The molecule has 0 radical (unpaired) electrons. The lowest BCUT2D eigenvalue weighted by Gasteiger charge is -2.32. The summed E-state index contributed by atoms with van der Waals surface area (Å²) in [5.74, 6) is 2.47. The average molecular weight is 347 g/mol. The minimum Gasteiger partial charge on any atom is -0.322 e. The molecular weight excluding hydrogens is 322 g/mol. The van der Waals surface area contributed by atoms with E-state index in [1.165, 1.54) is 5.56 Å². The van der Waals surface area contributed by atoms with E-state index in [-0.39, 0.29) is 5.91 Å². The van der Waals surface area contributed by atoms with Gasteiger partial charge in [0, 0.05) is 49.5 Å². The van der Waals surface area contributed by atoms with Gasteiger partial charge in [-0.3, -0.25) is 9.69 Å². The number of piperazine rings is 1. The van der Waals surface area contributed by atoms with E-state index in [4.69, 9.17) is 6.42 Å². The van der Waals surface area contributed by atoms with Crippen LogP contribution in [0.5, 0.6) is 0 Å². The number of anilines is 1. The molecule has 0 aromatic heterocycles. The number of carbonyl (C=O) groups excluding carboxylic acids is 1. The highest BCUT2D eigenvalue weighted by Gasteiger charge is 2.14. The number of hydrogen-bond donors (Lipinski definition) is 1. The summed E-state index contributed by atoms with van der Waals surface area (Å²) in [6.45, 7) is 7.32. The van der Waals surface area contributed by atoms with Crippen molar-refractivity contribution in [2.24, 2.45) is 0 Å². The number of carbonyl (C=O) groups is 1. The fourth-order valence-corrected chi connectivity index (χ4v) is 3.08. The first-order valence-electron chi connectivity index (χ1n) is 8.93. The summed E-state index contributed by atoms with van der Waals surface area (Å²) in [5, 5.41) is 2.94. The molecule has 1 aliphatic heterocycles. The Morgan fingerprint density at radius 2 is 1.81 bits per heavy atom. The number of nitrogens with one attached hydrogen (secondary N) is 1. The number of likely N-dealkylation sites (N-methyl/N-ethyl adjacent to an activating group) is 1. The van der Waals surface area contributed by atoms with Crippen LogP contribution >= 0.6 is 0 Å². The third-order valence-corrected chi connectivity index (χ3v) is 4.87. The predicted molar refractivity (Wildman–Crippen MR) is 106 cm³/mol. The monoisotopic (exact) mass is 347 g/mol. The van der Waals surface area contributed by atoms with Gasteiger partial charge in [-0.05, 0) is 49.4 Å². The standard InChI is InChI=1S/C22H25N3O/c1-4-19-15-20(8-5-17(19)2)22(26)23-21-9-6-18(7-10-21)16-25-13-11-24(3)12-14-25/h1,5-10,15H,11-14,16H2,2-3H3,(H,23,26). The van der Waals surface area contributed by atoms with E-state index in [1.807, 2.05) is 25.1 Å². The molecule has 4 nitrogen and oxygen atoms in total. The van der Waals surface area contributed by atoms with E-state index in [9.17, 15) is 4.79 Å². The van der Waals surface area contributed by atoms with Gasteiger partial charge in [-0.2, -0.15) is 0 Å². The molecule has 1 fully saturated rings. The van der Waals surface area contributed by atoms with Gasteiger partial charge in [-0.15, -0.1) is 6.42 Å². The molecule has 134 valence electrons. The van der Waals surface area contributed by atoms with Crippen LogP contribution in [0.2, 0.25) is 0 Å². The Bertz CT molecular complexity index is 812. The van der Waals surface area contributed by atoms with Gasteiger partial charge < -0.3 is 10.2 Å². The highest BCUT2D eigenvalue weighted by molar-refractivity contribution is 6.04. The quantitative estimate of drug-likeness (QED) is 0.864. The minimum atomic E-state index is -0.145. The topological polar surface area (TPSA) is 35.6 Å². The number of rotatable bonds is 4. The predicted octanol–water partition coefficient (Wildman–Crippen LogP) is 2.98. The lowest BCUT2D eigenvalue weighted by atomic mass is 10.1. The van der Waals surface area contributed by atoms with Gasteiger partial charge in [-0.1, -0.05) is 24.1 Å². The zero-order valence-corrected chi connectivity index (χ0v) is 15.5. The van der Waals surface area contributed by atoms with Crippen molar-refractivity contribution in [1.82, 2.24) is 9.80 Å². The molecule has 2 aromatic rings. The Morgan fingerprint density at radius 3 is 2.46 bits per heavy atom. The molecule has 1 amide bonds. The summed E-state index contributed by atoms with van der Waals surface area (Å²) in [7, 11) is 2.16. The zero-order chi connectivity index (χ0) is 18.5. The zero-order valence-electron chi connectivity index (χ0n) is 15.5. The van der Waals surface area contributed by atoms with E-state index in [0.29, 0.717) is 5.56 Å². The molecule has 2 aromatic carbocycles. The summed E-state index contributed by atoms with van der Waals surface area (Å²) in [6.07, 6.45) is 5.48. The van der Waals surface area contributed by atoms with Gasteiger partial charge in [0.05, 0.1) is 0 Å². The maximum Gasteiger partial charge on any atom is 0.255 e. The number of amides is 1. The molecular formula is C22H25N3O. The molecule has 4 heteroatoms. The van der Waals surface area contributed by atoms with E-state index in [1.54, 1.807) is 12.1 Å². The molecule has 0 saturated carbocycles. The Labute approximate surface area is 155 Å². The van der Waals surface area contributed by atoms with Gasteiger partial charge in [-0.25, -0.2) is 0 Å². The summed E-state index contributed by atoms with van der Waals surface area (Å²) in [6, 6.07) is 13.5. The molecule has 1 saturated heterocycles. The van der Waals surface area contributed by atoms with Crippen LogP contribution in [0.3, 0.4) is 0 Å². The fourth-order valence-electron chi connectivity index (χ4n) is 3.08. The molecule has 0 atom stereocenters. The van der Waals surface area contributed by atoms with Gasteiger partial charge in [0.15, 0.2) is 0 Å². The van der Waals surface area contributed by atoms with Crippen molar-refractivity contribution in [2.45, 2.75) is 13.5 Å². The molecule has 0 aliphatic carbocycles. The van der Waals surface area contributed by atoms with Crippen LogP contribution in [0.15, 0.2) is 42.5 Å². The third kappa shape index (κ3) is 4.51. The Morgan fingerprint density at radius 1 is 1.12 bits per heavy atom. The minimum absolute atomic E-state index is 0.145. The number of nitrogens with zero attached hydrogens (tertiary/aromatic N) is 2. The normalized spacial score (nSPS) is 15.4. The first-order chi connectivity index (χ1) is 12.5. The molecule has 1 N–H and O–H groups in total. The summed E-state index contributed by atoms with van der Waals surface area (Å²) in [5.41, 5.74) is 4.38. The van der Waals surface area contributed by atoms with Gasteiger partial charge in [0.2, 0.25) is 0 Å². The molecule has 0 spiro atoms. The van der Waals surface area contributed by atoms with Crippen molar-refractivity contribution >= 4 is 11.6 Å². The van der Waals surface area contributed by atoms with Crippen LogP contribution in [-0.2, 0) is 6.54 Å². The fraction of sp³-hybridized carbons (Fsp3) is 0.318. The molecule has 0 bridgehead atoms. The second-order valence-electron chi connectivity index (χ2n) is 6.90. The van der Waals surface area contributed by atoms with Crippen molar-refractivity contribution in [3.05, 3.63) is 64.7 Å². The maximum absolute atomic E-state index is 12.4. The lowest BCUT2D eigenvalue weighted by molar-refractivity contribution is 0.102. The van der Waals surface area contributed by atoms with Crippen molar-refractivity contribution in [2.75, 3.05) is 38.5 Å². The Hall–Kier alpha value is -2.61. The summed E-state index contributed by atoms with van der Waals surface area (Å²) >= 11 is 0. The molecule has 3 rings (SSSR count). The van der Waals surface area contributed by atoms with Crippen molar-refractivity contribution in [3.63, 3.8) is 0 Å². The number of terminal acetylenes is 1. The maximum atomic E-state index is 12.4. The molecule has 1 heterocycles. The van der Waals surface area contributed by atoms with E-state index < -0.39 is 0 Å². The Kier molecular flexibility index (Phi) is 5.72. The third-order valence-electron chi connectivity index (χ3n) is 4.87.